The Morgan fingerprint density at radius 3 is 2.72 bits per heavy atom. The van der Waals surface area contributed by atoms with Crippen LogP contribution in [0.25, 0.3) is 38.9 Å². The van der Waals surface area contributed by atoms with Crippen LogP contribution in [0.4, 0.5) is 14.6 Å². The van der Waals surface area contributed by atoms with Crippen molar-refractivity contribution in [1.29, 1.82) is 0 Å². The second-order valence-corrected chi connectivity index (χ2v) is 10.5. The van der Waals surface area contributed by atoms with E-state index < -0.39 is 5.92 Å². The number of hydrogen-bond acceptors (Lipinski definition) is 5. The highest BCUT2D eigenvalue weighted by atomic mass is 19.3. The predicted octanol–water partition coefficient (Wildman–Crippen LogP) is 6.35. The van der Waals surface area contributed by atoms with Gasteiger partial charge in [-0.05, 0) is 55.5 Å². The summed E-state index contributed by atoms with van der Waals surface area (Å²) in [5, 5.41) is 9.63. The Hall–Kier alpha value is -3.85. The van der Waals surface area contributed by atoms with Gasteiger partial charge in [0.25, 0.3) is 5.92 Å². The Balaban J connectivity index is 1.32. The number of fused-ring (bicyclic) bond motifs is 2. The van der Waals surface area contributed by atoms with Gasteiger partial charge in [0, 0.05) is 61.3 Å². The van der Waals surface area contributed by atoms with Gasteiger partial charge in [-0.2, -0.15) is 5.10 Å². The van der Waals surface area contributed by atoms with Gasteiger partial charge < -0.3 is 9.88 Å². The van der Waals surface area contributed by atoms with Crippen molar-refractivity contribution in [3.05, 3.63) is 66.5 Å². The van der Waals surface area contributed by atoms with Gasteiger partial charge in [0.1, 0.15) is 5.82 Å². The first-order valence-electron chi connectivity index (χ1n) is 13.6. The molecular formula is C30H33F2N7. The van der Waals surface area contributed by atoms with E-state index in [1.165, 1.54) is 19.3 Å². The molecular weight excluding hydrogens is 496 g/mol. The summed E-state index contributed by atoms with van der Waals surface area (Å²) in [4.78, 5) is 17.0. The number of pyridine rings is 2. The minimum absolute atomic E-state index is 0.0961. The monoisotopic (exact) mass is 529 g/mol. The molecule has 7 nitrogen and oxygen atoms in total. The largest absolute Gasteiger partial charge is 0.356 e. The van der Waals surface area contributed by atoms with Gasteiger partial charge in [-0.1, -0.05) is 24.8 Å². The minimum Gasteiger partial charge on any atom is -0.356 e. The zero-order valence-electron chi connectivity index (χ0n) is 22.2. The Morgan fingerprint density at radius 1 is 1.13 bits per heavy atom. The van der Waals surface area contributed by atoms with Crippen LogP contribution in [0.2, 0.25) is 0 Å². The molecule has 2 saturated heterocycles. The number of hydrogen-bond donors (Lipinski definition) is 2. The van der Waals surface area contributed by atoms with Gasteiger partial charge in [0.2, 0.25) is 0 Å². The number of anilines is 1. The summed E-state index contributed by atoms with van der Waals surface area (Å²) in [6.45, 7) is 8.55. The molecule has 2 aliphatic rings. The lowest BCUT2D eigenvalue weighted by molar-refractivity contribution is 0.0131. The van der Waals surface area contributed by atoms with Crippen LogP contribution in [-0.2, 0) is 0 Å². The number of allylic oxidation sites excluding steroid dienone is 3. The predicted molar refractivity (Wildman–Crippen MR) is 153 cm³/mol. The van der Waals surface area contributed by atoms with E-state index in [2.05, 4.69) is 43.8 Å². The molecule has 0 aliphatic carbocycles. The second-order valence-electron chi connectivity index (χ2n) is 10.5. The topological polar surface area (TPSA) is 76.7 Å². The van der Waals surface area contributed by atoms with Crippen LogP contribution in [0.1, 0.15) is 38.2 Å². The van der Waals surface area contributed by atoms with E-state index >= 15 is 0 Å². The van der Waals surface area contributed by atoms with E-state index in [1.54, 1.807) is 17.2 Å². The highest BCUT2D eigenvalue weighted by Crippen LogP contribution is 2.34. The van der Waals surface area contributed by atoms with Gasteiger partial charge in [-0.25, -0.2) is 18.7 Å². The van der Waals surface area contributed by atoms with Crippen LogP contribution >= 0.6 is 0 Å². The molecule has 202 valence electrons. The van der Waals surface area contributed by atoms with Crippen molar-refractivity contribution in [1.82, 2.24) is 30.0 Å². The number of nitrogens with zero attached hydrogens (tertiary/aromatic N) is 5. The molecule has 2 N–H and O–H groups in total. The number of H-pyrrole nitrogens is 2. The first-order valence-corrected chi connectivity index (χ1v) is 13.6. The first kappa shape index (κ1) is 25.4. The van der Waals surface area contributed by atoms with Crippen molar-refractivity contribution in [2.75, 3.05) is 37.6 Å². The third-order valence-corrected chi connectivity index (χ3v) is 7.76. The molecule has 6 heterocycles. The highest BCUT2D eigenvalue weighted by molar-refractivity contribution is 5.99. The fraction of sp³-hybridized carbons (Fsp3) is 0.367. The van der Waals surface area contributed by atoms with E-state index in [-0.39, 0.29) is 13.0 Å². The van der Waals surface area contributed by atoms with E-state index in [0.29, 0.717) is 18.7 Å². The lowest BCUT2D eigenvalue weighted by Gasteiger charge is -2.28. The lowest BCUT2D eigenvalue weighted by atomic mass is 10.0. The van der Waals surface area contributed by atoms with E-state index in [0.717, 1.165) is 63.3 Å². The average Bonchev–Trinajstić information content (AvgIpc) is 3.66. The first-order chi connectivity index (χ1) is 18.9. The number of aromatic nitrogens is 5. The molecule has 2 aliphatic heterocycles. The lowest BCUT2D eigenvalue weighted by Crippen LogP contribution is -2.30. The third kappa shape index (κ3) is 5.11. The highest BCUT2D eigenvalue weighted by Gasteiger charge is 2.38. The van der Waals surface area contributed by atoms with E-state index in [4.69, 9.17) is 4.98 Å². The van der Waals surface area contributed by atoms with Crippen LogP contribution in [-0.4, -0.2) is 68.7 Å². The molecule has 2 fully saturated rings. The van der Waals surface area contributed by atoms with Crippen LogP contribution in [0, 0.1) is 0 Å². The third-order valence-electron chi connectivity index (χ3n) is 7.76. The van der Waals surface area contributed by atoms with Gasteiger partial charge in [0.15, 0.2) is 5.65 Å². The Morgan fingerprint density at radius 2 is 1.97 bits per heavy atom. The summed E-state index contributed by atoms with van der Waals surface area (Å²) in [6, 6.07) is 6.22. The summed E-state index contributed by atoms with van der Waals surface area (Å²) in [7, 11) is 0. The maximum absolute atomic E-state index is 13.7. The van der Waals surface area contributed by atoms with Crippen LogP contribution in [0.5, 0.6) is 0 Å². The molecule has 0 aromatic carbocycles. The molecule has 0 spiro atoms. The minimum atomic E-state index is -2.62. The van der Waals surface area contributed by atoms with Crippen LogP contribution < -0.4 is 4.90 Å². The van der Waals surface area contributed by atoms with Crippen LogP contribution in [0.15, 0.2) is 61.0 Å². The Bertz CT molecular complexity index is 1570. The number of likely N-dealkylation sites (tertiary alicyclic amines) is 1. The Labute approximate surface area is 226 Å². The number of rotatable bonds is 7. The molecule has 9 heteroatoms. The van der Waals surface area contributed by atoms with Gasteiger partial charge >= 0.3 is 0 Å². The summed E-state index contributed by atoms with van der Waals surface area (Å²) >= 11 is 0. The molecule has 4 aromatic rings. The molecule has 0 bridgehead atoms. The summed E-state index contributed by atoms with van der Waals surface area (Å²) in [6.07, 6.45) is 13.0. The SMILES string of the molecule is C=C/C(=C\C(=C/C)c1cnc2n[nH]c(-c3cc4c(N5CCCCC5)nccc4[nH]3)c2c1)CN1CCC(F)(F)C1. The van der Waals surface area contributed by atoms with Gasteiger partial charge in [0.05, 0.1) is 23.4 Å². The van der Waals surface area contributed by atoms with Crippen molar-refractivity contribution in [2.24, 2.45) is 0 Å². The quantitative estimate of drug-likeness (QED) is 0.273. The molecule has 6 rings (SSSR count). The zero-order valence-corrected chi connectivity index (χ0v) is 22.2. The molecule has 4 aromatic heterocycles. The van der Waals surface area contributed by atoms with Crippen molar-refractivity contribution in [3.8, 4) is 11.4 Å². The van der Waals surface area contributed by atoms with Gasteiger partial charge in [-0.15, -0.1) is 0 Å². The maximum atomic E-state index is 13.7. The molecule has 0 radical (unpaired) electrons. The number of piperidine rings is 1. The fourth-order valence-corrected chi connectivity index (χ4v) is 5.70. The van der Waals surface area contributed by atoms with Crippen molar-refractivity contribution in [3.63, 3.8) is 0 Å². The maximum Gasteiger partial charge on any atom is 0.261 e. The second kappa shape index (κ2) is 10.4. The van der Waals surface area contributed by atoms with Crippen molar-refractivity contribution < 1.29 is 8.78 Å². The fourth-order valence-electron chi connectivity index (χ4n) is 5.70. The number of alkyl halides is 2. The van der Waals surface area contributed by atoms with E-state index in [9.17, 15) is 8.78 Å². The smallest absolute Gasteiger partial charge is 0.261 e. The standard InChI is InChI=1S/C30H33F2N7/c1-3-20(18-38-13-9-30(31,32)19-38)14-21(4-2)22-15-24-27(36-37-28(24)34-17-22)26-16-23-25(35-26)8-10-33-29(23)39-11-6-5-7-12-39/h3-4,8,10,14-17,35H,1,5-7,9,11-13,18-19H2,2H3,(H,34,36,37)/b20-14+,21-4+. The summed E-state index contributed by atoms with van der Waals surface area (Å²) in [5.74, 6) is -1.60. The van der Waals surface area contributed by atoms with E-state index in [1.807, 2.05) is 31.3 Å². The summed E-state index contributed by atoms with van der Waals surface area (Å²) < 4.78 is 27.4. The normalized spacial score (nSPS) is 18.9. The molecule has 0 amide bonds. The average molecular weight is 530 g/mol. The molecule has 0 atom stereocenters. The zero-order chi connectivity index (χ0) is 27.0. The molecule has 0 saturated carbocycles. The van der Waals surface area contributed by atoms with Crippen LogP contribution in [0.3, 0.4) is 0 Å². The van der Waals surface area contributed by atoms with Gasteiger partial charge in [-0.3, -0.25) is 10.00 Å². The summed E-state index contributed by atoms with van der Waals surface area (Å²) in [5.41, 5.74) is 6.22. The van der Waals surface area contributed by atoms with Crippen molar-refractivity contribution in [2.45, 2.75) is 38.5 Å². The number of nitrogens with one attached hydrogen (secondary N) is 2. The van der Waals surface area contributed by atoms with Crippen molar-refractivity contribution >= 4 is 33.3 Å². The number of aromatic amines is 2. The Kier molecular flexibility index (Phi) is 6.76. The molecule has 0 unspecified atom stereocenters. The molecule has 39 heavy (non-hydrogen) atoms. The number of halogens is 2.